The molecule has 0 spiro atoms. The molecule has 0 bridgehead atoms. The summed E-state index contributed by atoms with van der Waals surface area (Å²) in [4.78, 5) is 22.6. The highest BCUT2D eigenvalue weighted by molar-refractivity contribution is 5.98. The molecule has 8 heteroatoms. The van der Waals surface area contributed by atoms with Crippen LogP contribution in [0.2, 0.25) is 0 Å². The van der Waals surface area contributed by atoms with Gasteiger partial charge in [-0.05, 0) is 25.8 Å². The summed E-state index contributed by atoms with van der Waals surface area (Å²) in [6.07, 6.45) is 4.78. The molecule has 3 rings (SSSR count). The molecule has 0 radical (unpaired) electrons. The van der Waals surface area contributed by atoms with Crippen molar-refractivity contribution in [1.29, 1.82) is 5.26 Å². The third kappa shape index (κ3) is 2.99. The van der Waals surface area contributed by atoms with Gasteiger partial charge in [-0.1, -0.05) is 0 Å². The molecule has 2 aromatic heterocycles. The number of carbonyl (C=O) groups excluding carboxylic acids is 1. The van der Waals surface area contributed by atoms with Crippen molar-refractivity contribution < 1.29 is 4.79 Å². The maximum Gasteiger partial charge on any atom is 0.250 e. The van der Waals surface area contributed by atoms with Crippen LogP contribution in [0.1, 0.15) is 25.5 Å². The SMILES string of the molecule is CCn1nccc1N1CCC[C@@H](Nc2nccc(C#N)n2)C1=O. The molecule has 1 fully saturated rings. The average Bonchev–Trinajstić information content (AvgIpc) is 3.05. The van der Waals surface area contributed by atoms with Gasteiger partial charge in [-0.2, -0.15) is 10.4 Å². The second-order valence-corrected chi connectivity index (χ2v) is 5.21. The monoisotopic (exact) mass is 311 g/mol. The molecule has 3 heterocycles. The summed E-state index contributed by atoms with van der Waals surface area (Å²) in [5.74, 6) is 1.07. The molecule has 0 unspecified atom stereocenters. The highest BCUT2D eigenvalue weighted by atomic mass is 16.2. The van der Waals surface area contributed by atoms with Crippen molar-refractivity contribution in [3.05, 3.63) is 30.2 Å². The molecule has 1 saturated heterocycles. The van der Waals surface area contributed by atoms with Crippen molar-refractivity contribution >= 4 is 17.7 Å². The average molecular weight is 311 g/mol. The fourth-order valence-corrected chi connectivity index (χ4v) is 2.68. The minimum Gasteiger partial charge on any atom is -0.342 e. The van der Waals surface area contributed by atoms with E-state index in [-0.39, 0.29) is 11.6 Å². The Morgan fingerprint density at radius 1 is 1.43 bits per heavy atom. The van der Waals surface area contributed by atoms with Crippen LogP contribution in [0.15, 0.2) is 24.5 Å². The van der Waals surface area contributed by atoms with Gasteiger partial charge in [0.05, 0.1) is 6.20 Å². The Bertz CT molecular complexity index is 748. The van der Waals surface area contributed by atoms with E-state index >= 15 is 0 Å². The first-order chi connectivity index (χ1) is 11.2. The Morgan fingerprint density at radius 2 is 2.30 bits per heavy atom. The van der Waals surface area contributed by atoms with Crippen LogP contribution in [0, 0.1) is 11.3 Å². The number of amides is 1. The third-order valence-electron chi connectivity index (χ3n) is 3.78. The van der Waals surface area contributed by atoms with E-state index in [1.165, 1.54) is 12.3 Å². The molecular formula is C15H17N7O. The van der Waals surface area contributed by atoms with E-state index in [1.54, 1.807) is 15.8 Å². The Labute approximate surface area is 133 Å². The highest BCUT2D eigenvalue weighted by Crippen LogP contribution is 2.22. The van der Waals surface area contributed by atoms with Gasteiger partial charge in [0.1, 0.15) is 23.6 Å². The lowest BCUT2D eigenvalue weighted by atomic mass is 10.0. The van der Waals surface area contributed by atoms with E-state index in [0.29, 0.717) is 25.5 Å². The lowest BCUT2D eigenvalue weighted by Gasteiger charge is -2.32. The normalized spacial score (nSPS) is 17.8. The fraction of sp³-hybridized carbons (Fsp3) is 0.400. The van der Waals surface area contributed by atoms with Gasteiger partial charge < -0.3 is 5.32 Å². The molecule has 118 valence electrons. The van der Waals surface area contributed by atoms with Gasteiger partial charge in [-0.25, -0.2) is 14.6 Å². The Kier molecular flexibility index (Phi) is 4.19. The smallest absolute Gasteiger partial charge is 0.250 e. The van der Waals surface area contributed by atoms with E-state index in [4.69, 9.17) is 5.26 Å². The zero-order chi connectivity index (χ0) is 16.2. The fourth-order valence-electron chi connectivity index (χ4n) is 2.68. The molecule has 8 nitrogen and oxygen atoms in total. The largest absolute Gasteiger partial charge is 0.342 e. The number of piperidine rings is 1. The first kappa shape index (κ1) is 15.0. The van der Waals surface area contributed by atoms with Crippen LogP contribution in [0.25, 0.3) is 0 Å². The molecule has 1 N–H and O–H groups in total. The molecule has 0 saturated carbocycles. The first-order valence-corrected chi connectivity index (χ1v) is 7.55. The van der Waals surface area contributed by atoms with Crippen molar-refractivity contribution in [2.75, 3.05) is 16.8 Å². The van der Waals surface area contributed by atoms with Crippen LogP contribution in [-0.2, 0) is 11.3 Å². The highest BCUT2D eigenvalue weighted by Gasteiger charge is 2.31. The summed E-state index contributed by atoms with van der Waals surface area (Å²) in [6.45, 7) is 3.36. The minimum atomic E-state index is -0.405. The van der Waals surface area contributed by atoms with Crippen molar-refractivity contribution in [2.24, 2.45) is 0 Å². The number of anilines is 2. The van der Waals surface area contributed by atoms with Gasteiger partial charge in [0, 0.05) is 25.4 Å². The minimum absolute atomic E-state index is 0.0302. The van der Waals surface area contributed by atoms with Gasteiger partial charge in [0.25, 0.3) is 5.91 Å². The van der Waals surface area contributed by atoms with E-state index < -0.39 is 6.04 Å². The topological polar surface area (TPSA) is 99.7 Å². The van der Waals surface area contributed by atoms with Gasteiger partial charge in [0.2, 0.25) is 5.95 Å². The quantitative estimate of drug-likeness (QED) is 0.910. The molecule has 0 aromatic carbocycles. The summed E-state index contributed by atoms with van der Waals surface area (Å²) < 4.78 is 1.80. The Hall–Kier alpha value is -2.95. The zero-order valence-electron chi connectivity index (χ0n) is 12.8. The predicted octanol–water partition coefficient (Wildman–Crippen LogP) is 1.17. The molecule has 1 amide bonds. The number of nitrogens with zero attached hydrogens (tertiary/aromatic N) is 6. The number of hydrogen-bond acceptors (Lipinski definition) is 6. The molecule has 1 atom stereocenters. The van der Waals surface area contributed by atoms with E-state index in [0.717, 1.165) is 12.2 Å². The molecule has 23 heavy (non-hydrogen) atoms. The van der Waals surface area contributed by atoms with E-state index in [2.05, 4.69) is 20.4 Å². The van der Waals surface area contributed by atoms with Crippen LogP contribution in [-0.4, -0.2) is 38.2 Å². The predicted molar refractivity (Wildman–Crippen MR) is 83.6 cm³/mol. The van der Waals surface area contributed by atoms with Gasteiger partial charge in [-0.3, -0.25) is 9.69 Å². The number of nitrogens with one attached hydrogen (secondary N) is 1. The standard InChI is InChI=1S/C15H17N7O/c1-2-22-13(6-8-18-22)21-9-3-4-12(14(21)23)20-15-17-7-5-11(10-16)19-15/h5-8,12H,2-4,9H2,1H3,(H,17,19,20)/t12-/m1/s1. The second kappa shape index (κ2) is 6.44. The number of nitriles is 1. The number of hydrogen-bond donors (Lipinski definition) is 1. The summed E-state index contributed by atoms with van der Waals surface area (Å²) in [5, 5.41) is 16.1. The van der Waals surface area contributed by atoms with Gasteiger partial charge >= 0.3 is 0 Å². The summed E-state index contributed by atoms with van der Waals surface area (Å²) in [7, 11) is 0. The lowest BCUT2D eigenvalue weighted by Crippen LogP contribution is -2.48. The Balaban J connectivity index is 1.78. The van der Waals surface area contributed by atoms with Crippen molar-refractivity contribution in [3.63, 3.8) is 0 Å². The number of carbonyl (C=O) groups is 1. The lowest BCUT2D eigenvalue weighted by molar-refractivity contribution is -0.120. The van der Waals surface area contributed by atoms with Crippen molar-refractivity contribution in [1.82, 2.24) is 19.7 Å². The maximum atomic E-state index is 12.8. The van der Waals surface area contributed by atoms with Crippen LogP contribution < -0.4 is 10.2 Å². The number of rotatable bonds is 4. The van der Waals surface area contributed by atoms with Crippen molar-refractivity contribution in [2.45, 2.75) is 32.4 Å². The maximum absolute atomic E-state index is 12.8. The molecule has 0 aliphatic carbocycles. The zero-order valence-corrected chi connectivity index (χ0v) is 12.8. The first-order valence-electron chi connectivity index (χ1n) is 7.55. The molecule has 1 aliphatic heterocycles. The number of aromatic nitrogens is 4. The molecule has 2 aromatic rings. The van der Waals surface area contributed by atoms with Gasteiger partial charge in [-0.15, -0.1) is 0 Å². The van der Waals surface area contributed by atoms with Crippen LogP contribution in [0.5, 0.6) is 0 Å². The van der Waals surface area contributed by atoms with Gasteiger partial charge in [0.15, 0.2) is 0 Å². The third-order valence-corrected chi connectivity index (χ3v) is 3.78. The Morgan fingerprint density at radius 3 is 3.09 bits per heavy atom. The van der Waals surface area contributed by atoms with Crippen LogP contribution in [0.3, 0.4) is 0 Å². The van der Waals surface area contributed by atoms with E-state index in [1.807, 2.05) is 19.1 Å². The second-order valence-electron chi connectivity index (χ2n) is 5.21. The van der Waals surface area contributed by atoms with Crippen molar-refractivity contribution in [3.8, 4) is 6.07 Å². The summed E-state index contributed by atoms with van der Waals surface area (Å²) in [5.41, 5.74) is 0.270. The van der Waals surface area contributed by atoms with E-state index in [9.17, 15) is 4.79 Å². The number of aryl methyl sites for hydroxylation is 1. The van der Waals surface area contributed by atoms with Crippen LogP contribution >= 0.6 is 0 Å². The molecular weight excluding hydrogens is 294 g/mol. The van der Waals surface area contributed by atoms with Crippen LogP contribution in [0.4, 0.5) is 11.8 Å². The summed E-state index contributed by atoms with van der Waals surface area (Å²) >= 11 is 0. The summed E-state index contributed by atoms with van der Waals surface area (Å²) in [6, 6.07) is 4.93. The molecule has 1 aliphatic rings.